The second kappa shape index (κ2) is 15.5. The molecule has 0 radical (unpaired) electrons. The average Bonchev–Trinajstić information content (AvgIpc) is 3.71. The molecule has 1 aliphatic rings. The van der Waals surface area contributed by atoms with Crippen LogP contribution in [0.4, 0.5) is 11.5 Å². The third kappa shape index (κ3) is 7.95. The van der Waals surface area contributed by atoms with Gasteiger partial charge in [-0.25, -0.2) is 15.0 Å². The molecule has 0 aliphatic carbocycles. The van der Waals surface area contributed by atoms with Gasteiger partial charge in [0, 0.05) is 54.0 Å². The number of nitrogens with one attached hydrogen (secondary N) is 3. The molecule has 3 aromatic heterocycles. The van der Waals surface area contributed by atoms with Gasteiger partial charge >= 0.3 is 5.97 Å². The Labute approximate surface area is 297 Å². The zero-order valence-corrected chi connectivity index (χ0v) is 29.3. The zero-order chi connectivity index (χ0) is 34.5. The van der Waals surface area contributed by atoms with Crippen LogP contribution in [0.1, 0.15) is 30.3 Å². The molecule has 1 atom stereocenters. The highest BCUT2D eigenvalue weighted by atomic mass is 35.5. The van der Waals surface area contributed by atoms with Crippen LogP contribution < -0.4 is 20.7 Å². The van der Waals surface area contributed by atoms with Crippen LogP contribution in [0.25, 0.3) is 32.6 Å². The maximum atomic E-state index is 11.5. The number of carboxylic acid groups (broad SMARTS) is 1. The number of methoxy groups -OCH3 is 1. The molecule has 0 saturated carbocycles. The van der Waals surface area contributed by atoms with Crippen molar-refractivity contribution in [3.8, 4) is 28.3 Å². The molecule has 11 nitrogen and oxygen atoms in total. The molecule has 1 fully saturated rings. The zero-order valence-electron chi connectivity index (χ0n) is 26.9. The first-order valence-electron chi connectivity index (χ1n) is 15.8. The van der Waals surface area contributed by atoms with Crippen molar-refractivity contribution in [2.75, 3.05) is 32.1 Å². The number of aromatic nitrogens is 3. The van der Waals surface area contributed by atoms with Gasteiger partial charge in [-0.1, -0.05) is 66.5 Å². The number of anilines is 2. The van der Waals surface area contributed by atoms with Crippen LogP contribution in [0.15, 0.2) is 60.8 Å². The summed E-state index contributed by atoms with van der Waals surface area (Å²) in [6.07, 6.45) is 3.10. The van der Waals surface area contributed by atoms with Crippen LogP contribution in [-0.2, 0) is 22.7 Å². The number of hydrogen-bond donors (Lipinski definition) is 4. The smallest absolute Gasteiger partial charge is 0.317 e. The molecule has 2 aromatic carbocycles. The van der Waals surface area contributed by atoms with E-state index in [4.69, 9.17) is 37.9 Å². The summed E-state index contributed by atoms with van der Waals surface area (Å²) in [4.78, 5) is 38.7. The van der Waals surface area contributed by atoms with Gasteiger partial charge in [0.15, 0.2) is 5.82 Å². The maximum Gasteiger partial charge on any atom is 0.317 e. The Morgan fingerprint density at radius 1 is 1.08 bits per heavy atom. The van der Waals surface area contributed by atoms with Crippen molar-refractivity contribution >= 4 is 68.1 Å². The lowest BCUT2D eigenvalue weighted by molar-refractivity contribution is -0.138. The summed E-state index contributed by atoms with van der Waals surface area (Å²) in [5.74, 6) is 0.244. The Morgan fingerprint density at radius 2 is 1.86 bits per heavy atom. The van der Waals surface area contributed by atoms with Gasteiger partial charge in [0.05, 0.1) is 46.3 Å². The number of carbonyl (C=O) groups excluding carboxylic acids is 1. The van der Waals surface area contributed by atoms with Crippen molar-refractivity contribution in [1.82, 2.24) is 30.5 Å². The van der Waals surface area contributed by atoms with E-state index in [1.807, 2.05) is 66.4 Å². The molecule has 1 unspecified atom stereocenters. The highest BCUT2D eigenvalue weighted by molar-refractivity contribution is 7.18. The summed E-state index contributed by atoms with van der Waals surface area (Å²) in [5.41, 5.74) is 5.04. The number of hydrogen-bond acceptors (Lipinski definition) is 10. The molecule has 1 saturated heterocycles. The summed E-state index contributed by atoms with van der Waals surface area (Å²) >= 11 is 15.6. The largest absolute Gasteiger partial charge is 0.481 e. The van der Waals surface area contributed by atoms with Gasteiger partial charge in [-0.2, -0.15) is 0 Å². The average molecular weight is 721 g/mol. The summed E-state index contributed by atoms with van der Waals surface area (Å²) in [6.45, 7) is 4.09. The highest BCUT2D eigenvalue weighted by Gasteiger charge is 2.21. The van der Waals surface area contributed by atoms with Gasteiger partial charge < -0.3 is 25.8 Å². The normalized spacial score (nSPS) is 14.4. The minimum atomic E-state index is -0.877. The molecule has 1 aliphatic heterocycles. The first-order valence-corrected chi connectivity index (χ1v) is 17.4. The minimum absolute atomic E-state index is 0.0579. The molecule has 0 bridgehead atoms. The first kappa shape index (κ1) is 34.5. The predicted octanol–water partition coefficient (Wildman–Crippen LogP) is 6.75. The number of rotatable bonds is 14. The van der Waals surface area contributed by atoms with Crippen molar-refractivity contribution < 1.29 is 19.4 Å². The maximum absolute atomic E-state index is 11.5. The van der Waals surface area contributed by atoms with E-state index in [9.17, 15) is 14.7 Å². The van der Waals surface area contributed by atoms with Gasteiger partial charge in [-0.3, -0.25) is 14.5 Å². The third-order valence-corrected chi connectivity index (χ3v) is 10.1. The van der Waals surface area contributed by atoms with Gasteiger partial charge in [-0.05, 0) is 31.2 Å². The summed E-state index contributed by atoms with van der Waals surface area (Å²) < 4.78 is 6.56. The van der Waals surface area contributed by atoms with Crippen LogP contribution in [0, 0.1) is 0 Å². The minimum Gasteiger partial charge on any atom is -0.481 e. The number of carbonyl (C=O) groups is 2. The van der Waals surface area contributed by atoms with Gasteiger partial charge in [0.25, 0.3) is 0 Å². The molecule has 6 rings (SSSR count). The number of amides is 1. The predicted molar refractivity (Wildman–Crippen MR) is 194 cm³/mol. The fourth-order valence-electron chi connectivity index (χ4n) is 5.77. The molecule has 14 heteroatoms. The second-order valence-corrected chi connectivity index (χ2v) is 13.4. The Morgan fingerprint density at radius 3 is 2.59 bits per heavy atom. The Balaban J connectivity index is 1.23. The molecule has 4 heterocycles. The summed E-state index contributed by atoms with van der Waals surface area (Å²) in [7, 11) is 1.59. The monoisotopic (exact) mass is 719 g/mol. The number of benzene rings is 2. The number of nitrogens with zero attached hydrogens (tertiary/aromatic N) is 4. The number of aliphatic carboxylic acids is 1. The van der Waals surface area contributed by atoms with Crippen molar-refractivity contribution in [2.24, 2.45) is 0 Å². The van der Waals surface area contributed by atoms with Crippen LogP contribution in [0.3, 0.4) is 0 Å². The lowest BCUT2D eigenvalue weighted by Crippen LogP contribution is -2.35. The highest BCUT2D eigenvalue weighted by Crippen LogP contribution is 2.42. The Bertz CT molecular complexity index is 2010. The fraction of sp³-hybridized carbons (Fsp3) is 0.286. The molecule has 0 spiro atoms. The van der Waals surface area contributed by atoms with Crippen molar-refractivity contribution in [3.05, 3.63) is 81.4 Å². The van der Waals surface area contributed by atoms with E-state index in [1.165, 1.54) is 11.3 Å². The first-order chi connectivity index (χ1) is 23.7. The number of halogens is 2. The quantitative estimate of drug-likeness (QED) is 0.0973. The van der Waals surface area contributed by atoms with Crippen molar-refractivity contribution in [1.29, 1.82) is 0 Å². The second-order valence-electron chi connectivity index (χ2n) is 11.6. The Hall–Kier alpha value is -4.33. The molecule has 49 heavy (non-hydrogen) atoms. The number of pyridine rings is 2. The van der Waals surface area contributed by atoms with E-state index in [2.05, 4.69) is 20.9 Å². The molecular weight excluding hydrogens is 685 g/mol. The Kier molecular flexibility index (Phi) is 10.9. The van der Waals surface area contributed by atoms with Gasteiger partial charge in [-0.15, -0.1) is 11.3 Å². The lowest BCUT2D eigenvalue weighted by Gasteiger charge is -2.16. The van der Waals surface area contributed by atoms with Crippen LogP contribution in [0.2, 0.25) is 10.0 Å². The summed E-state index contributed by atoms with van der Waals surface area (Å²) in [6, 6.07) is 17.3. The van der Waals surface area contributed by atoms with Crippen LogP contribution in [0.5, 0.6) is 5.88 Å². The van der Waals surface area contributed by atoms with E-state index >= 15 is 0 Å². The van der Waals surface area contributed by atoms with E-state index in [0.717, 1.165) is 38.4 Å². The third-order valence-electron chi connectivity index (χ3n) is 8.26. The number of likely N-dealkylation sites (N-methyl/N-ethyl adjacent to an activating group) is 1. The summed E-state index contributed by atoms with van der Waals surface area (Å²) in [5, 5.41) is 20.7. The van der Waals surface area contributed by atoms with Crippen molar-refractivity contribution in [3.63, 3.8) is 0 Å². The number of ether oxygens (including phenoxy) is 1. The molecular formula is C35H35Cl2N7O4S. The van der Waals surface area contributed by atoms with Gasteiger partial charge in [0.2, 0.25) is 11.8 Å². The SMILES string of the molecule is CCN(CC(=O)O)Cc1nc2c(Nc3cccc(-c4cccc(-c5ccc(CNCC6CCC(=O)N6)c(OC)n5)c4Cl)c3Cl)nccc2s1. The van der Waals surface area contributed by atoms with E-state index in [0.29, 0.717) is 71.2 Å². The van der Waals surface area contributed by atoms with Crippen LogP contribution in [-0.4, -0.2) is 69.6 Å². The topological polar surface area (TPSA) is 142 Å². The van der Waals surface area contributed by atoms with E-state index in [-0.39, 0.29) is 18.5 Å². The van der Waals surface area contributed by atoms with Gasteiger partial charge in [0.1, 0.15) is 10.5 Å². The fourth-order valence-corrected chi connectivity index (χ4v) is 7.37. The number of carboxylic acids is 1. The van der Waals surface area contributed by atoms with E-state index < -0.39 is 5.97 Å². The molecule has 254 valence electrons. The molecule has 5 aromatic rings. The number of thiazole rings is 1. The lowest BCUT2D eigenvalue weighted by atomic mass is 10.00. The van der Waals surface area contributed by atoms with E-state index in [1.54, 1.807) is 13.3 Å². The standard InChI is InChI=1S/C35H35Cl2N7O4S/c1-3-44(19-30(46)47)18-29-43-33-27(49-29)14-15-39-34(33)41-26-9-5-7-23(32(26)37)22-6-4-8-24(31(22)36)25-12-10-20(35(42-25)48-2)16-38-17-21-11-13-28(45)40-21/h4-10,12,14-15,21,38H,3,11,13,16-19H2,1-2H3,(H,39,41)(H,40,45)(H,46,47). The molecule has 1 amide bonds. The van der Waals surface area contributed by atoms with Crippen molar-refractivity contribution in [2.45, 2.75) is 38.9 Å². The number of fused-ring (bicyclic) bond motifs is 1. The van der Waals surface area contributed by atoms with Crippen LogP contribution >= 0.6 is 34.5 Å². The molecule has 4 N–H and O–H groups in total.